The summed E-state index contributed by atoms with van der Waals surface area (Å²) in [4.78, 5) is 10.7. The lowest BCUT2D eigenvalue weighted by atomic mass is 9.94. The lowest BCUT2D eigenvalue weighted by Gasteiger charge is -2.28. The van der Waals surface area contributed by atoms with E-state index in [4.69, 9.17) is 10.5 Å². The molecular weight excluding hydrogens is 192 g/mol. The van der Waals surface area contributed by atoms with Gasteiger partial charge in [-0.05, 0) is 46.1 Å². The molecule has 0 unspecified atom stereocenters. The molecular formula is C11H22N2O2. The molecule has 1 atom stereocenters. The Kier molecular flexibility index (Phi) is 4.39. The predicted octanol–water partition coefficient (Wildman–Crippen LogP) is 1.78. The second-order valence-electron chi connectivity index (χ2n) is 4.87. The van der Waals surface area contributed by atoms with E-state index in [9.17, 15) is 4.79 Å². The number of rotatable bonds is 4. The molecule has 1 rings (SSSR count). The summed E-state index contributed by atoms with van der Waals surface area (Å²) in [7, 11) is 0. The monoisotopic (exact) mass is 214 g/mol. The molecule has 88 valence electrons. The number of hydrogen-bond donors (Lipinski definition) is 2. The highest BCUT2D eigenvalue weighted by molar-refractivity contribution is 5.65. The van der Waals surface area contributed by atoms with Crippen LogP contribution >= 0.6 is 0 Å². The number of piperidine rings is 1. The summed E-state index contributed by atoms with van der Waals surface area (Å²) < 4.78 is 5.04. The summed E-state index contributed by atoms with van der Waals surface area (Å²) in [5.74, 6) is 0. The van der Waals surface area contributed by atoms with E-state index >= 15 is 0 Å². The van der Waals surface area contributed by atoms with Crippen molar-refractivity contribution in [2.24, 2.45) is 5.73 Å². The van der Waals surface area contributed by atoms with Crippen LogP contribution in [0.5, 0.6) is 0 Å². The van der Waals surface area contributed by atoms with Gasteiger partial charge in [-0.1, -0.05) is 6.42 Å². The van der Waals surface area contributed by atoms with Gasteiger partial charge in [0.2, 0.25) is 0 Å². The van der Waals surface area contributed by atoms with E-state index in [0.29, 0.717) is 6.04 Å². The zero-order valence-corrected chi connectivity index (χ0v) is 9.71. The molecule has 3 N–H and O–H groups in total. The number of nitrogens with two attached hydrogens (primary N) is 1. The van der Waals surface area contributed by atoms with Gasteiger partial charge >= 0.3 is 6.09 Å². The summed E-state index contributed by atoms with van der Waals surface area (Å²) in [6.07, 6.45) is 5.02. The van der Waals surface area contributed by atoms with Crippen LogP contribution in [0.25, 0.3) is 0 Å². The SMILES string of the molecule is CC(C)(CC[C@@H]1CCCCN1)OC(N)=O. The topological polar surface area (TPSA) is 64.3 Å². The third kappa shape index (κ3) is 5.02. The van der Waals surface area contributed by atoms with Crippen molar-refractivity contribution >= 4 is 6.09 Å². The summed E-state index contributed by atoms with van der Waals surface area (Å²) in [5.41, 5.74) is 4.57. The highest BCUT2D eigenvalue weighted by atomic mass is 16.6. The molecule has 15 heavy (non-hydrogen) atoms. The molecule has 1 amide bonds. The van der Waals surface area contributed by atoms with Gasteiger partial charge in [-0.15, -0.1) is 0 Å². The van der Waals surface area contributed by atoms with Crippen LogP contribution in [0.4, 0.5) is 4.79 Å². The maximum atomic E-state index is 10.7. The fourth-order valence-electron chi connectivity index (χ4n) is 2.02. The molecule has 0 aromatic rings. The Labute approximate surface area is 91.5 Å². The standard InChI is InChI=1S/C11H22N2O2/c1-11(2,15-10(12)14)7-6-9-5-3-4-8-13-9/h9,13H,3-8H2,1-2H3,(H2,12,14)/t9-/m0/s1. The number of carbonyl (C=O) groups excluding carboxylic acids is 1. The molecule has 1 saturated heterocycles. The van der Waals surface area contributed by atoms with E-state index < -0.39 is 11.7 Å². The lowest BCUT2D eigenvalue weighted by molar-refractivity contribution is 0.0349. The summed E-state index contributed by atoms with van der Waals surface area (Å²) >= 11 is 0. The first kappa shape index (κ1) is 12.3. The number of hydrogen-bond acceptors (Lipinski definition) is 3. The third-order valence-corrected chi connectivity index (χ3v) is 2.88. The number of amides is 1. The van der Waals surface area contributed by atoms with Gasteiger partial charge in [-0.2, -0.15) is 0 Å². The van der Waals surface area contributed by atoms with Crippen molar-refractivity contribution in [2.45, 2.75) is 57.6 Å². The van der Waals surface area contributed by atoms with Gasteiger partial charge in [-0.25, -0.2) is 4.79 Å². The summed E-state index contributed by atoms with van der Waals surface area (Å²) in [6, 6.07) is 0.578. The van der Waals surface area contributed by atoms with Crippen molar-refractivity contribution in [1.29, 1.82) is 0 Å². The highest BCUT2D eigenvalue weighted by Gasteiger charge is 2.23. The number of primary amides is 1. The van der Waals surface area contributed by atoms with E-state index in [-0.39, 0.29) is 0 Å². The van der Waals surface area contributed by atoms with Crippen molar-refractivity contribution in [3.8, 4) is 0 Å². The molecule has 0 radical (unpaired) electrons. The molecule has 1 aliphatic heterocycles. The smallest absolute Gasteiger partial charge is 0.405 e. The summed E-state index contributed by atoms with van der Waals surface area (Å²) in [5, 5.41) is 3.47. The normalized spacial score (nSPS) is 22.4. The Morgan fingerprint density at radius 1 is 1.53 bits per heavy atom. The second-order valence-corrected chi connectivity index (χ2v) is 4.87. The van der Waals surface area contributed by atoms with Crippen LogP contribution in [0.2, 0.25) is 0 Å². The van der Waals surface area contributed by atoms with Crippen LogP contribution in [-0.2, 0) is 4.74 Å². The van der Waals surface area contributed by atoms with E-state index in [1.54, 1.807) is 0 Å². The van der Waals surface area contributed by atoms with E-state index in [1.807, 2.05) is 13.8 Å². The van der Waals surface area contributed by atoms with Gasteiger partial charge in [0, 0.05) is 6.04 Å². The van der Waals surface area contributed by atoms with Gasteiger partial charge in [-0.3, -0.25) is 0 Å². The first-order valence-corrected chi connectivity index (χ1v) is 5.71. The van der Waals surface area contributed by atoms with Crippen LogP contribution in [0.1, 0.15) is 46.0 Å². The van der Waals surface area contributed by atoms with Crippen LogP contribution in [0, 0.1) is 0 Å². The predicted molar refractivity (Wildman–Crippen MR) is 59.6 cm³/mol. The Morgan fingerprint density at radius 2 is 2.27 bits per heavy atom. The van der Waals surface area contributed by atoms with Crippen molar-refractivity contribution in [1.82, 2.24) is 5.32 Å². The van der Waals surface area contributed by atoms with E-state index in [0.717, 1.165) is 19.4 Å². The van der Waals surface area contributed by atoms with Gasteiger partial charge in [0.15, 0.2) is 0 Å². The first-order valence-electron chi connectivity index (χ1n) is 5.71. The Bertz CT molecular complexity index is 211. The molecule has 0 bridgehead atoms. The fourth-order valence-corrected chi connectivity index (χ4v) is 2.02. The van der Waals surface area contributed by atoms with Gasteiger partial charge in [0.05, 0.1) is 0 Å². The Balaban J connectivity index is 2.24. The molecule has 4 nitrogen and oxygen atoms in total. The number of nitrogens with one attached hydrogen (secondary N) is 1. The molecule has 4 heteroatoms. The molecule has 1 aliphatic rings. The van der Waals surface area contributed by atoms with Gasteiger partial charge in [0.1, 0.15) is 5.60 Å². The zero-order chi connectivity index (χ0) is 11.3. The molecule has 0 aliphatic carbocycles. The molecule has 0 aromatic heterocycles. The van der Waals surface area contributed by atoms with Crippen LogP contribution in [-0.4, -0.2) is 24.3 Å². The van der Waals surface area contributed by atoms with Crippen molar-refractivity contribution in [3.05, 3.63) is 0 Å². The van der Waals surface area contributed by atoms with Crippen LogP contribution < -0.4 is 11.1 Å². The first-order chi connectivity index (χ1) is 6.99. The Hall–Kier alpha value is -0.770. The molecule has 0 spiro atoms. The van der Waals surface area contributed by atoms with E-state index in [1.165, 1.54) is 19.3 Å². The van der Waals surface area contributed by atoms with Crippen molar-refractivity contribution in [3.63, 3.8) is 0 Å². The van der Waals surface area contributed by atoms with Gasteiger partial charge < -0.3 is 15.8 Å². The van der Waals surface area contributed by atoms with Crippen LogP contribution in [0.15, 0.2) is 0 Å². The highest BCUT2D eigenvalue weighted by Crippen LogP contribution is 2.20. The average molecular weight is 214 g/mol. The third-order valence-electron chi connectivity index (χ3n) is 2.88. The number of ether oxygens (including phenoxy) is 1. The molecule has 1 fully saturated rings. The fraction of sp³-hybridized carbons (Fsp3) is 0.909. The molecule has 1 heterocycles. The second kappa shape index (κ2) is 5.35. The molecule has 0 aromatic carbocycles. The quantitative estimate of drug-likeness (QED) is 0.749. The van der Waals surface area contributed by atoms with E-state index in [2.05, 4.69) is 5.32 Å². The van der Waals surface area contributed by atoms with Crippen molar-refractivity contribution < 1.29 is 9.53 Å². The zero-order valence-electron chi connectivity index (χ0n) is 9.71. The largest absolute Gasteiger partial charge is 0.444 e. The Morgan fingerprint density at radius 3 is 2.80 bits per heavy atom. The minimum atomic E-state index is -0.684. The minimum absolute atomic E-state index is 0.440. The summed E-state index contributed by atoms with van der Waals surface area (Å²) in [6.45, 7) is 4.92. The molecule has 0 saturated carbocycles. The van der Waals surface area contributed by atoms with Crippen LogP contribution in [0.3, 0.4) is 0 Å². The lowest BCUT2D eigenvalue weighted by Crippen LogP contribution is -2.37. The minimum Gasteiger partial charge on any atom is -0.444 e. The van der Waals surface area contributed by atoms with Gasteiger partial charge in [0.25, 0.3) is 0 Å². The number of carbonyl (C=O) groups is 1. The maximum Gasteiger partial charge on any atom is 0.405 e. The van der Waals surface area contributed by atoms with Crippen molar-refractivity contribution in [2.75, 3.05) is 6.54 Å². The average Bonchev–Trinajstić information content (AvgIpc) is 2.15. The maximum absolute atomic E-state index is 10.7.